The van der Waals surface area contributed by atoms with Crippen LogP contribution in [0.15, 0.2) is 42.7 Å². The van der Waals surface area contributed by atoms with Crippen molar-refractivity contribution in [3.05, 3.63) is 64.7 Å². The molecule has 0 aliphatic carbocycles. The molecular formula is C15H16ClFN2. The number of halogens is 2. The molecule has 4 heteroatoms. The standard InChI is InChI=1S/C15H16ClFN2/c1-2-19-14(11-6-8-18-9-7-11)10-12-4-3-5-13(17)15(12)16/h3-9,14,19H,2,10H2,1H3. The molecule has 19 heavy (non-hydrogen) atoms. The molecule has 0 amide bonds. The van der Waals surface area contributed by atoms with E-state index in [1.807, 2.05) is 25.1 Å². The highest BCUT2D eigenvalue weighted by Crippen LogP contribution is 2.25. The monoisotopic (exact) mass is 278 g/mol. The highest BCUT2D eigenvalue weighted by molar-refractivity contribution is 6.31. The predicted octanol–water partition coefficient (Wildman–Crippen LogP) is 3.77. The van der Waals surface area contributed by atoms with Gasteiger partial charge in [-0.15, -0.1) is 0 Å². The Hall–Kier alpha value is -1.45. The highest BCUT2D eigenvalue weighted by Gasteiger charge is 2.14. The van der Waals surface area contributed by atoms with E-state index in [1.54, 1.807) is 18.5 Å². The van der Waals surface area contributed by atoms with Crippen molar-refractivity contribution in [1.82, 2.24) is 10.3 Å². The summed E-state index contributed by atoms with van der Waals surface area (Å²) in [6, 6.07) is 8.94. The van der Waals surface area contributed by atoms with Crippen molar-refractivity contribution in [2.24, 2.45) is 0 Å². The summed E-state index contributed by atoms with van der Waals surface area (Å²) in [5.74, 6) is -0.371. The minimum Gasteiger partial charge on any atom is -0.310 e. The quantitative estimate of drug-likeness (QED) is 0.901. The number of likely N-dealkylation sites (N-methyl/N-ethyl adjacent to an activating group) is 1. The Balaban J connectivity index is 2.24. The van der Waals surface area contributed by atoms with Crippen molar-refractivity contribution in [3.8, 4) is 0 Å². The average Bonchev–Trinajstić information content (AvgIpc) is 2.44. The Bertz CT molecular complexity index is 531. The normalized spacial score (nSPS) is 12.4. The van der Waals surface area contributed by atoms with Crippen LogP contribution in [-0.2, 0) is 6.42 Å². The minimum absolute atomic E-state index is 0.104. The van der Waals surface area contributed by atoms with Gasteiger partial charge in [0.2, 0.25) is 0 Å². The van der Waals surface area contributed by atoms with Gasteiger partial charge in [0.15, 0.2) is 0 Å². The minimum atomic E-state index is -0.371. The number of benzene rings is 1. The Morgan fingerprint density at radius 2 is 2.00 bits per heavy atom. The lowest BCUT2D eigenvalue weighted by Gasteiger charge is -2.19. The van der Waals surface area contributed by atoms with Gasteiger partial charge in [0.1, 0.15) is 5.82 Å². The van der Waals surface area contributed by atoms with E-state index in [0.717, 1.165) is 17.7 Å². The molecule has 2 nitrogen and oxygen atoms in total. The van der Waals surface area contributed by atoms with Gasteiger partial charge in [0, 0.05) is 18.4 Å². The van der Waals surface area contributed by atoms with Crippen LogP contribution >= 0.6 is 11.6 Å². The fourth-order valence-electron chi connectivity index (χ4n) is 2.08. The molecule has 0 spiro atoms. The number of pyridine rings is 1. The molecule has 1 aromatic carbocycles. The maximum atomic E-state index is 13.5. The molecule has 0 aliphatic heterocycles. The second-order valence-corrected chi connectivity index (χ2v) is 4.69. The lowest BCUT2D eigenvalue weighted by molar-refractivity contribution is 0.546. The van der Waals surface area contributed by atoms with Crippen LogP contribution in [0.3, 0.4) is 0 Å². The molecule has 1 heterocycles. The molecule has 100 valence electrons. The van der Waals surface area contributed by atoms with E-state index in [4.69, 9.17) is 11.6 Å². The van der Waals surface area contributed by atoms with E-state index >= 15 is 0 Å². The summed E-state index contributed by atoms with van der Waals surface area (Å²) in [4.78, 5) is 4.01. The van der Waals surface area contributed by atoms with Gasteiger partial charge in [-0.25, -0.2) is 4.39 Å². The highest BCUT2D eigenvalue weighted by atomic mass is 35.5. The average molecular weight is 279 g/mol. The van der Waals surface area contributed by atoms with E-state index in [1.165, 1.54) is 6.07 Å². The number of rotatable bonds is 5. The molecular weight excluding hydrogens is 263 g/mol. The molecule has 2 aromatic rings. The van der Waals surface area contributed by atoms with Gasteiger partial charge in [0.25, 0.3) is 0 Å². The molecule has 2 rings (SSSR count). The zero-order valence-corrected chi connectivity index (χ0v) is 11.5. The van der Waals surface area contributed by atoms with E-state index in [9.17, 15) is 4.39 Å². The second-order valence-electron chi connectivity index (χ2n) is 4.31. The molecule has 1 atom stereocenters. The molecule has 0 fully saturated rings. The van der Waals surface area contributed by atoms with Crippen molar-refractivity contribution in [3.63, 3.8) is 0 Å². The van der Waals surface area contributed by atoms with Crippen molar-refractivity contribution in [2.45, 2.75) is 19.4 Å². The smallest absolute Gasteiger partial charge is 0.142 e. The Morgan fingerprint density at radius 1 is 1.26 bits per heavy atom. The fourth-order valence-corrected chi connectivity index (χ4v) is 2.28. The number of hydrogen-bond donors (Lipinski definition) is 1. The zero-order valence-electron chi connectivity index (χ0n) is 10.7. The van der Waals surface area contributed by atoms with E-state index in [0.29, 0.717) is 6.42 Å². The van der Waals surface area contributed by atoms with Crippen molar-refractivity contribution >= 4 is 11.6 Å². The van der Waals surface area contributed by atoms with Crippen LogP contribution in [0.4, 0.5) is 4.39 Å². The molecule has 1 aromatic heterocycles. The van der Waals surface area contributed by atoms with Crippen LogP contribution in [0.5, 0.6) is 0 Å². The topological polar surface area (TPSA) is 24.9 Å². The van der Waals surface area contributed by atoms with Crippen molar-refractivity contribution < 1.29 is 4.39 Å². The van der Waals surface area contributed by atoms with Gasteiger partial charge in [-0.1, -0.05) is 30.7 Å². The number of hydrogen-bond acceptors (Lipinski definition) is 2. The van der Waals surface area contributed by atoms with Gasteiger partial charge >= 0.3 is 0 Å². The van der Waals surface area contributed by atoms with Crippen LogP contribution in [0.25, 0.3) is 0 Å². The Kier molecular flexibility index (Phi) is 4.88. The van der Waals surface area contributed by atoms with Crippen LogP contribution in [0.1, 0.15) is 24.1 Å². The van der Waals surface area contributed by atoms with Gasteiger partial charge in [-0.05, 0) is 42.3 Å². The lowest BCUT2D eigenvalue weighted by atomic mass is 9.99. The van der Waals surface area contributed by atoms with Gasteiger partial charge in [-0.3, -0.25) is 4.98 Å². The second kappa shape index (κ2) is 6.64. The van der Waals surface area contributed by atoms with Crippen LogP contribution in [0, 0.1) is 5.82 Å². The third-order valence-corrected chi connectivity index (χ3v) is 3.44. The molecule has 0 saturated carbocycles. The molecule has 0 saturated heterocycles. The van der Waals surface area contributed by atoms with E-state index in [2.05, 4.69) is 10.3 Å². The summed E-state index contributed by atoms with van der Waals surface area (Å²) in [7, 11) is 0. The van der Waals surface area contributed by atoms with Gasteiger partial charge in [-0.2, -0.15) is 0 Å². The maximum Gasteiger partial charge on any atom is 0.142 e. The molecule has 0 aliphatic rings. The third-order valence-electron chi connectivity index (χ3n) is 3.01. The van der Waals surface area contributed by atoms with E-state index in [-0.39, 0.29) is 16.9 Å². The number of nitrogens with one attached hydrogen (secondary N) is 1. The van der Waals surface area contributed by atoms with Crippen LogP contribution < -0.4 is 5.32 Å². The largest absolute Gasteiger partial charge is 0.310 e. The summed E-state index contributed by atoms with van der Waals surface area (Å²) in [6.45, 7) is 2.88. The summed E-state index contributed by atoms with van der Waals surface area (Å²) >= 11 is 6.01. The summed E-state index contributed by atoms with van der Waals surface area (Å²) in [5, 5.41) is 3.59. The summed E-state index contributed by atoms with van der Waals surface area (Å²) < 4.78 is 13.5. The molecule has 1 unspecified atom stereocenters. The maximum absolute atomic E-state index is 13.5. The number of aromatic nitrogens is 1. The van der Waals surface area contributed by atoms with Crippen LogP contribution in [-0.4, -0.2) is 11.5 Å². The lowest BCUT2D eigenvalue weighted by Crippen LogP contribution is -2.23. The van der Waals surface area contributed by atoms with Gasteiger partial charge in [0.05, 0.1) is 5.02 Å². The molecule has 1 N–H and O–H groups in total. The summed E-state index contributed by atoms with van der Waals surface area (Å²) in [5.41, 5.74) is 1.93. The fraction of sp³-hybridized carbons (Fsp3) is 0.267. The summed E-state index contributed by atoms with van der Waals surface area (Å²) in [6.07, 6.45) is 4.16. The first-order valence-corrected chi connectivity index (χ1v) is 6.66. The van der Waals surface area contributed by atoms with E-state index < -0.39 is 0 Å². The van der Waals surface area contributed by atoms with Crippen LogP contribution in [0.2, 0.25) is 5.02 Å². The Morgan fingerprint density at radius 3 is 2.68 bits per heavy atom. The van der Waals surface area contributed by atoms with Crippen molar-refractivity contribution in [2.75, 3.05) is 6.54 Å². The van der Waals surface area contributed by atoms with Gasteiger partial charge < -0.3 is 5.32 Å². The predicted molar refractivity (Wildman–Crippen MR) is 75.8 cm³/mol. The Labute approximate surface area is 117 Å². The third kappa shape index (κ3) is 3.52. The first kappa shape index (κ1) is 14.0. The molecule has 0 radical (unpaired) electrons. The molecule has 0 bridgehead atoms. The number of nitrogens with zero attached hydrogens (tertiary/aromatic N) is 1. The first-order valence-electron chi connectivity index (χ1n) is 6.28. The SMILES string of the molecule is CCNC(Cc1cccc(F)c1Cl)c1ccncc1. The zero-order chi connectivity index (χ0) is 13.7. The van der Waals surface area contributed by atoms with Crippen molar-refractivity contribution in [1.29, 1.82) is 0 Å². The first-order chi connectivity index (χ1) is 9.22.